The van der Waals surface area contributed by atoms with Gasteiger partial charge in [-0.3, -0.25) is 4.79 Å². The van der Waals surface area contributed by atoms with Crippen LogP contribution in [0.2, 0.25) is 0 Å². The van der Waals surface area contributed by atoms with Crippen LogP contribution >= 0.6 is 11.3 Å². The van der Waals surface area contributed by atoms with Crippen molar-refractivity contribution in [3.8, 4) is 0 Å². The van der Waals surface area contributed by atoms with E-state index in [4.69, 9.17) is 5.73 Å². The largest absolute Gasteiger partial charge is 0.399 e. The van der Waals surface area contributed by atoms with E-state index >= 15 is 0 Å². The van der Waals surface area contributed by atoms with E-state index in [9.17, 15) is 4.79 Å². The van der Waals surface area contributed by atoms with E-state index in [0.717, 1.165) is 10.4 Å². The molecule has 0 unspecified atom stereocenters. The third-order valence-corrected chi connectivity index (χ3v) is 4.57. The molecule has 1 aromatic carbocycles. The van der Waals surface area contributed by atoms with Gasteiger partial charge in [0, 0.05) is 10.6 Å². The number of nitrogens with two attached hydrogens (primary N) is 1. The van der Waals surface area contributed by atoms with Crippen molar-refractivity contribution in [2.24, 2.45) is 0 Å². The maximum atomic E-state index is 12.5. The van der Waals surface area contributed by atoms with Gasteiger partial charge in [-0.25, -0.2) is 0 Å². The lowest BCUT2D eigenvalue weighted by Crippen LogP contribution is -2.41. The first-order valence-corrected chi connectivity index (χ1v) is 7.49. The van der Waals surface area contributed by atoms with E-state index in [1.807, 2.05) is 62.5 Å². The van der Waals surface area contributed by atoms with Crippen LogP contribution in [0.15, 0.2) is 41.8 Å². The summed E-state index contributed by atoms with van der Waals surface area (Å²) in [5.74, 6) is 0.0168. The standard InChI is InChI=1S/C16H20N2OS/c1-11(14-5-4-10-20-14)18-15(19)16(2,3)12-6-8-13(17)9-7-12/h4-11H,17H2,1-3H3,(H,18,19)/t11-/m1/s1. The molecule has 106 valence electrons. The average Bonchev–Trinajstić information content (AvgIpc) is 2.93. The first-order chi connectivity index (χ1) is 9.41. The highest BCUT2D eigenvalue weighted by Gasteiger charge is 2.30. The number of amides is 1. The van der Waals surface area contributed by atoms with Crippen LogP contribution in [0.4, 0.5) is 5.69 Å². The number of carbonyl (C=O) groups is 1. The maximum absolute atomic E-state index is 12.5. The summed E-state index contributed by atoms with van der Waals surface area (Å²) in [4.78, 5) is 13.7. The van der Waals surface area contributed by atoms with Crippen LogP contribution in [0.1, 0.15) is 37.3 Å². The molecule has 0 saturated carbocycles. The third-order valence-electron chi connectivity index (χ3n) is 3.52. The fraction of sp³-hybridized carbons (Fsp3) is 0.312. The maximum Gasteiger partial charge on any atom is 0.230 e. The van der Waals surface area contributed by atoms with Crippen molar-refractivity contribution < 1.29 is 4.79 Å². The molecule has 1 heterocycles. The van der Waals surface area contributed by atoms with Crippen molar-refractivity contribution in [1.29, 1.82) is 0 Å². The summed E-state index contributed by atoms with van der Waals surface area (Å²) in [6.45, 7) is 5.85. The number of nitrogen functional groups attached to an aromatic ring is 1. The predicted molar refractivity (Wildman–Crippen MR) is 84.8 cm³/mol. The molecule has 0 aliphatic rings. The second-order valence-corrected chi connectivity index (χ2v) is 6.44. The van der Waals surface area contributed by atoms with Crippen LogP contribution in [0.5, 0.6) is 0 Å². The van der Waals surface area contributed by atoms with Crippen molar-refractivity contribution in [2.75, 3.05) is 5.73 Å². The molecule has 20 heavy (non-hydrogen) atoms. The highest BCUT2D eigenvalue weighted by Crippen LogP contribution is 2.26. The van der Waals surface area contributed by atoms with Gasteiger partial charge in [-0.1, -0.05) is 18.2 Å². The van der Waals surface area contributed by atoms with Crippen LogP contribution < -0.4 is 11.1 Å². The number of anilines is 1. The van der Waals surface area contributed by atoms with Crippen LogP contribution in [-0.2, 0) is 10.2 Å². The minimum Gasteiger partial charge on any atom is -0.399 e. The fourth-order valence-electron chi connectivity index (χ4n) is 2.02. The number of thiophene rings is 1. The Hall–Kier alpha value is -1.81. The summed E-state index contributed by atoms with van der Waals surface area (Å²) in [5.41, 5.74) is 6.77. The summed E-state index contributed by atoms with van der Waals surface area (Å²) in [5, 5.41) is 5.09. The SMILES string of the molecule is C[C@@H](NC(=O)C(C)(C)c1ccc(N)cc1)c1cccs1. The van der Waals surface area contributed by atoms with Crippen LogP contribution in [-0.4, -0.2) is 5.91 Å². The van der Waals surface area contributed by atoms with Gasteiger partial charge in [0.1, 0.15) is 0 Å². The smallest absolute Gasteiger partial charge is 0.230 e. The number of rotatable bonds is 4. The van der Waals surface area contributed by atoms with E-state index in [1.54, 1.807) is 11.3 Å². The highest BCUT2D eigenvalue weighted by atomic mass is 32.1. The van der Waals surface area contributed by atoms with Gasteiger partial charge in [-0.15, -0.1) is 11.3 Å². The number of hydrogen-bond acceptors (Lipinski definition) is 3. The Morgan fingerprint density at radius 3 is 2.45 bits per heavy atom. The Balaban J connectivity index is 2.13. The number of nitrogens with one attached hydrogen (secondary N) is 1. The van der Waals surface area contributed by atoms with Crippen LogP contribution in [0, 0.1) is 0 Å². The van der Waals surface area contributed by atoms with Gasteiger partial charge in [0.05, 0.1) is 11.5 Å². The van der Waals surface area contributed by atoms with Crippen LogP contribution in [0.25, 0.3) is 0 Å². The van der Waals surface area contributed by atoms with Crippen molar-refractivity contribution in [2.45, 2.75) is 32.2 Å². The molecule has 1 amide bonds. The summed E-state index contributed by atoms with van der Waals surface area (Å²) in [7, 11) is 0. The Labute approximate surface area is 123 Å². The first kappa shape index (κ1) is 14.6. The van der Waals surface area contributed by atoms with E-state index in [2.05, 4.69) is 5.32 Å². The van der Waals surface area contributed by atoms with E-state index in [1.165, 1.54) is 0 Å². The molecule has 0 fully saturated rings. The molecule has 1 aromatic heterocycles. The van der Waals surface area contributed by atoms with Gasteiger partial charge in [0.2, 0.25) is 5.91 Å². The van der Waals surface area contributed by atoms with Crippen molar-refractivity contribution >= 4 is 22.9 Å². The second kappa shape index (κ2) is 5.67. The predicted octanol–water partition coefficient (Wildman–Crippen LogP) is 3.49. The Morgan fingerprint density at radius 2 is 1.90 bits per heavy atom. The number of hydrogen-bond donors (Lipinski definition) is 2. The topological polar surface area (TPSA) is 55.1 Å². The van der Waals surface area contributed by atoms with Crippen LogP contribution in [0.3, 0.4) is 0 Å². The molecule has 0 aliphatic heterocycles. The lowest BCUT2D eigenvalue weighted by atomic mass is 9.83. The fourth-order valence-corrected chi connectivity index (χ4v) is 2.75. The van der Waals surface area contributed by atoms with Gasteiger partial charge < -0.3 is 11.1 Å². The van der Waals surface area contributed by atoms with E-state index in [-0.39, 0.29) is 11.9 Å². The lowest BCUT2D eigenvalue weighted by molar-refractivity contribution is -0.126. The van der Waals surface area contributed by atoms with Crippen molar-refractivity contribution in [3.63, 3.8) is 0 Å². The van der Waals surface area contributed by atoms with Gasteiger partial charge in [0.25, 0.3) is 0 Å². The van der Waals surface area contributed by atoms with Crippen molar-refractivity contribution in [3.05, 3.63) is 52.2 Å². The molecule has 4 heteroatoms. The van der Waals surface area contributed by atoms with E-state index in [0.29, 0.717) is 5.69 Å². The second-order valence-electron chi connectivity index (χ2n) is 5.46. The van der Waals surface area contributed by atoms with E-state index < -0.39 is 5.41 Å². The van der Waals surface area contributed by atoms with Gasteiger partial charge in [0.15, 0.2) is 0 Å². The monoisotopic (exact) mass is 288 g/mol. The molecule has 3 N–H and O–H groups in total. The number of benzene rings is 1. The van der Waals surface area contributed by atoms with Crippen molar-refractivity contribution in [1.82, 2.24) is 5.32 Å². The molecule has 1 atom stereocenters. The molecule has 0 bridgehead atoms. The first-order valence-electron chi connectivity index (χ1n) is 6.61. The molecule has 0 saturated heterocycles. The average molecular weight is 288 g/mol. The third kappa shape index (κ3) is 3.02. The molecule has 0 radical (unpaired) electrons. The zero-order chi connectivity index (χ0) is 14.8. The molecule has 2 aromatic rings. The molecule has 0 aliphatic carbocycles. The summed E-state index contributed by atoms with van der Waals surface area (Å²) >= 11 is 1.65. The zero-order valence-corrected chi connectivity index (χ0v) is 12.8. The Bertz CT molecular complexity index is 573. The molecule has 2 rings (SSSR count). The summed E-state index contributed by atoms with van der Waals surface area (Å²) in [6, 6.07) is 11.5. The molecular weight excluding hydrogens is 268 g/mol. The highest BCUT2D eigenvalue weighted by molar-refractivity contribution is 7.10. The van der Waals surface area contributed by atoms with Gasteiger partial charge in [-0.2, -0.15) is 0 Å². The summed E-state index contributed by atoms with van der Waals surface area (Å²) in [6.07, 6.45) is 0. The van der Waals surface area contributed by atoms with Gasteiger partial charge in [-0.05, 0) is 49.9 Å². The molecular formula is C16H20N2OS. The zero-order valence-electron chi connectivity index (χ0n) is 12.0. The van der Waals surface area contributed by atoms with Gasteiger partial charge >= 0.3 is 0 Å². The minimum atomic E-state index is -0.584. The normalized spacial score (nSPS) is 12.9. The Kier molecular flexibility index (Phi) is 4.14. The minimum absolute atomic E-state index is 0.0168. The number of carbonyl (C=O) groups excluding carboxylic acids is 1. The molecule has 0 spiro atoms. The summed E-state index contributed by atoms with van der Waals surface area (Å²) < 4.78 is 0. The Morgan fingerprint density at radius 1 is 1.25 bits per heavy atom. The molecule has 3 nitrogen and oxygen atoms in total. The quantitative estimate of drug-likeness (QED) is 0.846. The lowest BCUT2D eigenvalue weighted by Gasteiger charge is -2.26.